The number of ether oxygens (including phenoxy) is 2. The average molecular weight is 280 g/mol. The Morgan fingerprint density at radius 2 is 2.20 bits per heavy atom. The van der Waals surface area contributed by atoms with Crippen molar-refractivity contribution in [2.45, 2.75) is 6.10 Å². The summed E-state index contributed by atoms with van der Waals surface area (Å²) in [7, 11) is 0. The van der Waals surface area contributed by atoms with Gasteiger partial charge in [0.25, 0.3) is 0 Å². The van der Waals surface area contributed by atoms with Gasteiger partial charge in [0.2, 0.25) is 5.91 Å². The molecule has 1 saturated heterocycles. The number of nitrogens with two attached hydrogens (primary N) is 1. The molecule has 1 heterocycles. The molecule has 3 N–H and O–H groups in total. The van der Waals surface area contributed by atoms with Crippen molar-refractivity contribution in [1.29, 1.82) is 0 Å². The SMILES string of the molecule is NC(=O)c1cccc(OCC(O)CN2CCOCC2)c1. The fraction of sp³-hybridized carbons (Fsp3) is 0.500. The number of aliphatic hydroxyl groups is 1. The van der Waals surface area contributed by atoms with E-state index >= 15 is 0 Å². The third-order valence-corrected chi connectivity index (χ3v) is 3.13. The second kappa shape index (κ2) is 7.23. The van der Waals surface area contributed by atoms with E-state index < -0.39 is 12.0 Å². The average Bonchev–Trinajstić information content (AvgIpc) is 2.46. The molecule has 0 saturated carbocycles. The van der Waals surface area contributed by atoms with E-state index in [9.17, 15) is 9.90 Å². The Morgan fingerprint density at radius 3 is 2.90 bits per heavy atom. The second-order valence-corrected chi connectivity index (χ2v) is 4.77. The number of β-amino-alcohol motifs (C(OH)–C–C–N with tert-alkyl or cyclic N) is 1. The molecular formula is C14H20N2O4. The molecule has 1 aromatic carbocycles. The Morgan fingerprint density at radius 1 is 1.45 bits per heavy atom. The monoisotopic (exact) mass is 280 g/mol. The minimum absolute atomic E-state index is 0.180. The van der Waals surface area contributed by atoms with Gasteiger partial charge in [-0.15, -0.1) is 0 Å². The summed E-state index contributed by atoms with van der Waals surface area (Å²) >= 11 is 0. The van der Waals surface area contributed by atoms with Crippen molar-refractivity contribution in [3.63, 3.8) is 0 Å². The van der Waals surface area contributed by atoms with E-state index in [1.54, 1.807) is 24.3 Å². The number of hydrogen-bond acceptors (Lipinski definition) is 5. The lowest BCUT2D eigenvalue weighted by Crippen LogP contribution is -2.42. The molecule has 1 unspecified atom stereocenters. The molecule has 110 valence electrons. The van der Waals surface area contributed by atoms with Crippen LogP contribution in [0.15, 0.2) is 24.3 Å². The summed E-state index contributed by atoms with van der Waals surface area (Å²) in [5, 5.41) is 9.94. The number of carbonyl (C=O) groups excluding carboxylic acids is 1. The molecule has 1 amide bonds. The predicted octanol–water partition coefficient (Wildman–Crippen LogP) is -0.143. The maximum absolute atomic E-state index is 11.1. The van der Waals surface area contributed by atoms with Crippen molar-refractivity contribution in [3.8, 4) is 5.75 Å². The van der Waals surface area contributed by atoms with Crippen molar-refractivity contribution < 1.29 is 19.4 Å². The van der Waals surface area contributed by atoms with Crippen LogP contribution in [-0.4, -0.2) is 61.5 Å². The highest BCUT2D eigenvalue weighted by Gasteiger charge is 2.15. The number of nitrogens with zero attached hydrogens (tertiary/aromatic N) is 1. The number of rotatable bonds is 6. The first-order valence-corrected chi connectivity index (χ1v) is 6.66. The van der Waals surface area contributed by atoms with Gasteiger partial charge in [0.15, 0.2) is 0 Å². The van der Waals surface area contributed by atoms with E-state index in [-0.39, 0.29) is 6.61 Å². The highest BCUT2D eigenvalue weighted by atomic mass is 16.5. The van der Waals surface area contributed by atoms with E-state index in [1.807, 2.05) is 0 Å². The number of benzene rings is 1. The Bertz CT molecular complexity index is 447. The lowest BCUT2D eigenvalue weighted by Gasteiger charge is -2.28. The number of aliphatic hydroxyl groups excluding tert-OH is 1. The zero-order valence-corrected chi connectivity index (χ0v) is 11.3. The van der Waals surface area contributed by atoms with Crippen LogP contribution in [0.4, 0.5) is 0 Å². The van der Waals surface area contributed by atoms with Crippen molar-refractivity contribution in [1.82, 2.24) is 4.90 Å². The molecule has 1 aliphatic heterocycles. The molecule has 1 aromatic rings. The summed E-state index contributed by atoms with van der Waals surface area (Å²) in [4.78, 5) is 13.2. The lowest BCUT2D eigenvalue weighted by molar-refractivity contribution is 0.00465. The summed E-state index contributed by atoms with van der Waals surface area (Å²) < 4.78 is 10.7. The van der Waals surface area contributed by atoms with Gasteiger partial charge in [-0.05, 0) is 18.2 Å². The standard InChI is InChI=1S/C14H20N2O4/c15-14(18)11-2-1-3-13(8-11)20-10-12(17)9-16-4-6-19-7-5-16/h1-3,8,12,17H,4-7,9-10H2,(H2,15,18). The Hall–Kier alpha value is -1.63. The first kappa shape index (κ1) is 14.8. The summed E-state index contributed by atoms with van der Waals surface area (Å²) in [6, 6.07) is 6.63. The van der Waals surface area contributed by atoms with Crippen LogP contribution in [-0.2, 0) is 4.74 Å². The van der Waals surface area contributed by atoms with E-state index in [1.165, 1.54) is 0 Å². The van der Waals surface area contributed by atoms with Crippen LogP contribution in [0.1, 0.15) is 10.4 Å². The molecule has 6 nitrogen and oxygen atoms in total. The molecule has 6 heteroatoms. The first-order chi connectivity index (χ1) is 9.65. The third-order valence-electron chi connectivity index (χ3n) is 3.13. The number of primary amides is 1. The van der Waals surface area contributed by atoms with Crippen molar-refractivity contribution in [3.05, 3.63) is 29.8 Å². The molecule has 0 spiro atoms. The molecular weight excluding hydrogens is 260 g/mol. The zero-order valence-electron chi connectivity index (χ0n) is 11.3. The molecule has 1 fully saturated rings. The van der Waals surface area contributed by atoms with Crippen LogP contribution in [0.2, 0.25) is 0 Å². The molecule has 0 radical (unpaired) electrons. The smallest absolute Gasteiger partial charge is 0.248 e. The van der Waals surface area contributed by atoms with Gasteiger partial charge in [-0.1, -0.05) is 6.07 Å². The van der Waals surface area contributed by atoms with Gasteiger partial charge in [-0.2, -0.15) is 0 Å². The summed E-state index contributed by atoms with van der Waals surface area (Å²) in [5.41, 5.74) is 5.59. The zero-order chi connectivity index (χ0) is 14.4. The summed E-state index contributed by atoms with van der Waals surface area (Å²) in [6.45, 7) is 3.79. The fourth-order valence-corrected chi connectivity index (χ4v) is 2.07. The predicted molar refractivity (Wildman–Crippen MR) is 73.7 cm³/mol. The normalized spacial score (nSPS) is 17.6. The molecule has 1 aliphatic rings. The van der Waals surface area contributed by atoms with Crippen LogP contribution in [0.3, 0.4) is 0 Å². The van der Waals surface area contributed by atoms with Gasteiger partial charge in [0.05, 0.1) is 13.2 Å². The van der Waals surface area contributed by atoms with E-state index in [2.05, 4.69) is 4.90 Å². The quantitative estimate of drug-likeness (QED) is 0.757. The number of morpholine rings is 1. The maximum Gasteiger partial charge on any atom is 0.248 e. The van der Waals surface area contributed by atoms with E-state index in [0.717, 1.165) is 13.1 Å². The van der Waals surface area contributed by atoms with Crippen molar-refractivity contribution in [2.24, 2.45) is 5.73 Å². The topological polar surface area (TPSA) is 85.0 Å². The van der Waals surface area contributed by atoms with Gasteiger partial charge in [0, 0.05) is 25.2 Å². The summed E-state index contributed by atoms with van der Waals surface area (Å²) in [6.07, 6.45) is -0.578. The van der Waals surface area contributed by atoms with Crippen molar-refractivity contribution >= 4 is 5.91 Å². The van der Waals surface area contributed by atoms with Crippen LogP contribution < -0.4 is 10.5 Å². The van der Waals surface area contributed by atoms with Crippen LogP contribution in [0.25, 0.3) is 0 Å². The van der Waals surface area contributed by atoms with Gasteiger partial charge >= 0.3 is 0 Å². The Labute approximate surface area is 118 Å². The largest absolute Gasteiger partial charge is 0.491 e. The lowest BCUT2D eigenvalue weighted by atomic mass is 10.2. The van der Waals surface area contributed by atoms with Crippen LogP contribution in [0.5, 0.6) is 5.75 Å². The summed E-state index contributed by atoms with van der Waals surface area (Å²) in [5.74, 6) is 0.0339. The number of carbonyl (C=O) groups is 1. The molecule has 0 aliphatic carbocycles. The third kappa shape index (κ3) is 4.48. The highest BCUT2D eigenvalue weighted by molar-refractivity contribution is 5.93. The molecule has 0 aromatic heterocycles. The van der Waals surface area contributed by atoms with Gasteiger partial charge in [-0.3, -0.25) is 9.69 Å². The van der Waals surface area contributed by atoms with Crippen LogP contribution in [0, 0.1) is 0 Å². The number of hydrogen-bond donors (Lipinski definition) is 2. The molecule has 2 rings (SSSR count). The van der Waals surface area contributed by atoms with Gasteiger partial charge in [0.1, 0.15) is 18.5 Å². The number of amides is 1. The Kier molecular flexibility index (Phi) is 5.34. The molecule has 0 bridgehead atoms. The van der Waals surface area contributed by atoms with Gasteiger partial charge < -0.3 is 20.3 Å². The minimum Gasteiger partial charge on any atom is -0.491 e. The van der Waals surface area contributed by atoms with Crippen LogP contribution >= 0.6 is 0 Å². The first-order valence-electron chi connectivity index (χ1n) is 6.66. The minimum atomic E-state index is -0.578. The highest BCUT2D eigenvalue weighted by Crippen LogP contribution is 2.13. The fourth-order valence-electron chi connectivity index (χ4n) is 2.07. The Balaban J connectivity index is 1.78. The second-order valence-electron chi connectivity index (χ2n) is 4.77. The van der Waals surface area contributed by atoms with Gasteiger partial charge in [-0.25, -0.2) is 0 Å². The van der Waals surface area contributed by atoms with Crippen molar-refractivity contribution in [2.75, 3.05) is 39.5 Å². The molecule has 1 atom stereocenters. The van der Waals surface area contributed by atoms with E-state index in [0.29, 0.717) is 31.1 Å². The molecule has 20 heavy (non-hydrogen) atoms. The van der Waals surface area contributed by atoms with E-state index in [4.69, 9.17) is 15.2 Å². The maximum atomic E-state index is 11.1.